The third kappa shape index (κ3) is 23.6. The molecule has 1 heterocycles. The van der Waals surface area contributed by atoms with Gasteiger partial charge in [-0.3, -0.25) is 0 Å². The van der Waals surface area contributed by atoms with Crippen LogP contribution in [0.25, 0.3) is 0 Å². The van der Waals surface area contributed by atoms with E-state index in [4.69, 9.17) is 0 Å². The maximum absolute atomic E-state index is 2.63. The summed E-state index contributed by atoms with van der Waals surface area (Å²) in [4.78, 5) is 0. The number of aryl methyl sites for hydroxylation is 2. The molecule has 0 amide bonds. The molecule has 0 saturated carbocycles. The van der Waals surface area contributed by atoms with Crippen molar-refractivity contribution in [2.45, 2.75) is 239 Å². The summed E-state index contributed by atoms with van der Waals surface area (Å²) in [5.41, 5.74) is 0. The number of imidazole rings is 1. The average Bonchev–Trinajstić information content (AvgIpc) is 3.38. The van der Waals surface area contributed by atoms with Crippen LogP contribution in [-0.2, 0) is 19.5 Å². The predicted molar refractivity (Wildman–Crippen MR) is 188 cm³/mol. The maximum atomic E-state index is 2.63. The van der Waals surface area contributed by atoms with E-state index in [0.29, 0.717) is 0 Å². The number of rotatable bonds is 34. The lowest BCUT2D eigenvalue weighted by atomic mass is 10.0. The summed E-state index contributed by atoms with van der Waals surface area (Å²) in [7, 11) is 0. The summed E-state index contributed by atoms with van der Waals surface area (Å²) in [6, 6.07) is 0. The van der Waals surface area contributed by atoms with Crippen LogP contribution in [0.1, 0.15) is 226 Å². The molecule has 0 saturated heterocycles. The second kappa shape index (κ2) is 31.6. The Labute approximate surface area is 266 Å². The smallest absolute Gasteiger partial charge is 0.234 e. The summed E-state index contributed by atoms with van der Waals surface area (Å²) >= 11 is 0. The molecular formula is C40H79N2+. The number of hydrogen-bond acceptors (Lipinski definition) is 0. The molecule has 0 atom stereocenters. The van der Waals surface area contributed by atoms with Crippen LogP contribution in [0.3, 0.4) is 0 Å². The van der Waals surface area contributed by atoms with E-state index >= 15 is 0 Å². The molecule has 0 aliphatic heterocycles. The van der Waals surface area contributed by atoms with Gasteiger partial charge in [0.1, 0.15) is 12.4 Å². The van der Waals surface area contributed by atoms with Crippen molar-refractivity contribution in [3.05, 3.63) is 18.2 Å². The van der Waals surface area contributed by atoms with Gasteiger partial charge < -0.3 is 0 Å². The highest BCUT2D eigenvalue weighted by Crippen LogP contribution is 2.15. The van der Waals surface area contributed by atoms with Crippen LogP contribution in [0.4, 0.5) is 0 Å². The number of nitrogens with zero attached hydrogens (tertiary/aromatic N) is 2. The van der Waals surface area contributed by atoms with Gasteiger partial charge in [-0.15, -0.1) is 0 Å². The summed E-state index contributed by atoms with van der Waals surface area (Å²) in [5, 5.41) is 0. The third-order valence-corrected chi connectivity index (χ3v) is 9.60. The Morgan fingerprint density at radius 2 is 0.738 bits per heavy atom. The fourth-order valence-corrected chi connectivity index (χ4v) is 6.68. The molecule has 1 aromatic heterocycles. The minimum Gasteiger partial charge on any atom is -0.234 e. The lowest BCUT2D eigenvalue weighted by molar-refractivity contribution is -0.704. The van der Waals surface area contributed by atoms with E-state index in [1.807, 2.05) is 0 Å². The van der Waals surface area contributed by atoms with Crippen LogP contribution in [0, 0.1) is 0 Å². The van der Waals surface area contributed by atoms with Gasteiger partial charge in [-0.25, -0.2) is 9.13 Å². The number of hydrogen-bond donors (Lipinski definition) is 0. The van der Waals surface area contributed by atoms with E-state index in [1.165, 1.54) is 219 Å². The van der Waals surface area contributed by atoms with Crippen molar-refractivity contribution in [2.24, 2.45) is 0 Å². The Bertz CT molecular complexity index is 648. The maximum Gasteiger partial charge on any atom is 0.256 e. The molecule has 0 spiro atoms. The first kappa shape index (κ1) is 39.2. The van der Waals surface area contributed by atoms with Crippen LogP contribution in [-0.4, -0.2) is 4.57 Å². The van der Waals surface area contributed by atoms with Crippen molar-refractivity contribution < 1.29 is 4.57 Å². The molecule has 0 aliphatic carbocycles. The Morgan fingerprint density at radius 3 is 1.14 bits per heavy atom. The van der Waals surface area contributed by atoms with Crippen molar-refractivity contribution in [3.63, 3.8) is 0 Å². The first-order valence-corrected chi connectivity index (χ1v) is 19.9. The Hall–Kier alpha value is -0.790. The molecule has 0 radical (unpaired) electrons. The van der Waals surface area contributed by atoms with Crippen LogP contribution in [0.5, 0.6) is 0 Å². The second-order valence-electron chi connectivity index (χ2n) is 13.8. The van der Waals surface area contributed by atoms with Gasteiger partial charge in [0.05, 0.1) is 13.1 Å². The van der Waals surface area contributed by atoms with Gasteiger partial charge in [-0.2, -0.15) is 0 Å². The van der Waals surface area contributed by atoms with E-state index in [9.17, 15) is 0 Å². The molecular weight excluding hydrogens is 508 g/mol. The second-order valence-corrected chi connectivity index (χ2v) is 13.8. The van der Waals surface area contributed by atoms with Crippen LogP contribution >= 0.6 is 0 Å². The normalized spacial score (nSPS) is 11.6. The highest BCUT2D eigenvalue weighted by atomic mass is 15.1. The molecule has 0 unspecified atom stereocenters. The molecule has 0 aromatic carbocycles. The van der Waals surface area contributed by atoms with Gasteiger partial charge in [-0.05, 0) is 32.1 Å². The van der Waals surface area contributed by atoms with Crippen molar-refractivity contribution in [1.29, 1.82) is 0 Å². The topological polar surface area (TPSA) is 8.81 Å². The standard InChI is InChI=1S/C40H79N2/c1-4-7-10-13-15-17-19-21-22-23-25-27-29-32-35-40-41(36-33-30-12-9-6-3)38-39-42(40)37-34-31-28-26-24-20-18-16-14-11-8-5-2/h38-39H,4-37H2,1-3H3/q+1. The van der Waals surface area contributed by atoms with E-state index < -0.39 is 0 Å². The minimum absolute atomic E-state index is 1.23. The van der Waals surface area contributed by atoms with Gasteiger partial charge in [0.15, 0.2) is 0 Å². The van der Waals surface area contributed by atoms with Crippen LogP contribution in [0.15, 0.2) is 12.4 Å². The predicted octanol–water partition coefficient (Wildman–Crippen LogP) is 13.5. The van der Waals surface area contributed by atoms with E-state index in [1.54, 1.807) is 5.82 Å². The lowest BCUT2D eigenvalue weighted by Crippen LogP contribution is -2.37. The molecule has 2 heteroatoms. The van der Waals surface area contributed by atoms with Crippen molar-refractivity contribution in [2.75, 3.05) is 0 Å². The number of unbranched alkanes of at least 4 members (excludes halogenated alkanes) is 28. The van der Waals surface area contributed by atoms with E-state index in [0.717, 1.165) is 0 Å². The summed E-state index contributed by atoms with van der Waals surface area (Å²) in [6.07, 6.45) is 50.4. The molecule has 0 aliphatic rings. The van der Waals surface area contributed by atoms with Crippen LogP contribution in [0.2, 0.25) is 0 Å². The molecule has 248 valence electrons. The molecule has 0 N–H and O–H groups in total. The molecule has 0 bridgehead atoms. The zero-order chi connectivity index (χ0) is 30.2. The minimum atomic E-state index is 1.23. The Kier molecular flexibility index (Phi) is 29.5. The van der Waals surface area contributed by atoms with Crippen molar-refractivity contribution >= 4 is 0 Å². The van der Waals surface area contributed by atoms with E-state index in [-0.39, 0.29) is 0 Å². The largest absolute Gasteiger partial charge is 0.256 e. The Morgan fingerprint density at radius 1 is 0.405 bits per heavy atom. The molecule has 42 heavy (non-hydrogen) atoms. The van der Waals surface area contributed by atoms with Crippen molar-refractivity contribution in [3.8, 4) is 0 Å². The Balaban J connectivity index is 2.22. The molecule has 1 rings (SSSR count). The van der Waals surface area contributed by atoms with Gasteiger partial charge in [0.2, 0.25) is 0 Å². The zero-order valence-electron chi connectivity index (χ0n) is 29.6. The van der Waals surface area contributed by atoms with Gasteiger partial charge >= 0.3 is 0 Å². The average molecular weight is 588 g/mol. The van der Waals surface area contributed by atoms with Gasteiger partial charge in [0, 0.05) is 6.42 Å². The lowest BCUT2D eigenvalue weighted by Gasteiger charge is -2.07. The molecule has 2 nitrogen and oxygen atoms in total. The molecule has 0 fully saturated rings. The van der Waals surface area contributed by atoms with Gasteiger partial charge in [-0.1, -0.05) is 188 Å². The highest BCUT2D eigenvalue weighted by molar-refractivity contribution is 4.84. The fourth-order valence-electron chi connectivity index (χ4n) is 6.68. The monoisotopic (exact) mass is 588 g/mol. The summed E-state index contributed by atoms with van der Waals surface area (Å²) in [5.74, 6) is 1.62. The summed E-state index contributed by atoms with van der Waals surface area (Å²) < 4.78 is 5.25. The van der Waals surface area contributed by atoms with Crippen molar-refractivity contribution in [1.82, 2.24) is 4.57 Å². The first-order chi connectivity index (χ1) is 20.8. The van der Waals surface area contributed by atoms with Gasteiger partial charge in [0.25, 0.3) is 5.82 Å². The zero-order valence-corrected chi connectivity index (χ0v) is 29.6. The highest BCUT2D eigenvalue weighted by Gasteiger charge is 2.16. The SMILES string of the molecule is CCCCCCCCCCCCCCCCc1n(CCCCCCCCCCCCCC)cc[n+]1CCCCCCC. The molecule has 1 aromatic rings. The quantitative estimate of drug-likeness (QED) is 0.0560. The number of aromatic nitrogens is 2. The summed E-state index contributed by atoms with van der Waals surface area (Å²) in [6.45, 7) is 9.40. The third-order valence-electron chi connectivity index (χ3n) is 9.60. The fraction of sp³-hybridized carbons (Fsp3) is 0.925. The van der Waals surface area contributed by atoms with E-state index in [2.05, 4.69) is 42.3 Å². The first-order valence-electron chi connectivity index (χ1n) is 19.9. The van der Waals surface area contributed by atoms with Crippen LogP contribution < -0.4 is 4.57 Å².